The van der Waals surface area contributed by atoms with E-state index in [4.69, 9.17) is 4.74 Å². The number of hydrogen-bond donors (Lipinski definition) is 0. The fourth-order valence-electron chi connectivity index (χ4n) is 5.18. The first-order chi connectivity index (χ1) is 14.9. The Morgan fingerprint density at radius 3 is 2.84 bits per heavy atom. The average Bonchev–Trinajstić information content (AvgIpc) is 3.39. The number of carbonyl (C=O) groups excluding carboxylic acids is 2. The van der Waals surface area contributed by atoms with E-state index in [0.29, 0.717) is 19.6 Å². The van der Waals surface area contributed by atoms with Crippen LogP contribution in [0.15, 0.2) is 54.7 Å². The van der Waals surface area contributed by atoms with E-state index < -0.39 is 17.4 Å². The van der Waals surface area contributed by atoms with Crippen LogP contribution in [-0.4, -0.2) is 51.9 Å². The van der Waals surface area contributed by atoms with Crippen LogP contribution in [-0.2, 0) is 27.4 Å². The maximum absolute atomic E-state index is 13.5. The summed E-state index contributed by atoms with van der Waals surface area (Å²) in [5.74, 6) is -1.01. The predicted octanol–water partition coefficient (Wildman–Crippen LogP) is 2.64. The van der Waals surface area contributed by atoms with Crippen LogP contribution in [0.4, 0.5) is 0 Å². The molecule has 6 heteroatoms. The molecule has 6 nitrogen and oxygen atoms in total. The lowest BCUT2D eigenvalue weighted by molar-refractivity contribution is -0.142. The van der Waals surface area contributed by atoms with Crippen molar-refractivity contribution in [3.63, 3.8) is 0 Å². The molecule has 2 amide bonds. The van der Waals surface area contributed by atoms with Gasteiger partial charge in [0.2, 0.25) is 11.8 Å². The van der Waals surface area contributed by atoms with Crippen molar-refractivity contribution >= 4 is 11.8 Å². The molecule has 0 radical (unpaired) electrons. The minimum Gasteiger partial charge on any atom is -0.360 e. The highest BCUT2D eigenvalue weighted by Crippen LogP contribution is 2.52. The molecule has 1 aromatic carbocycles. The van der Waals surface area contributed by atoms with Crippen molar-refractivity contribution < 1.29 is 14.3 Å². The quantitative estimate of drug-likeness (QED) is 0.702. The van der Waals surface area contributed by atoms with Crippen LogP contribution < -0.4 is 0 Å². The second kappa shape index (κ2) is 7.31. The fraction of sp³-hybridized carbons (Fsp3) is 0.400. The van der Waals surface area contributed by atoms with Gasteiger partial charge in [0.15, 0.2) is 0 Å². The zero-order valence-corrected chi connectivity index (χ0v) is 18.1. The Morgan fingerprint density at radius 2 is 2.10 bits per heavy atom. The molecule has 0 aliphatic carbocycles. The van der Waals surface area contributed by atoms with E-state index in [0.717, 1.165) is 11.3 Å². The van der Waals surface area contributed by atoms with Crippen molar-refractivity contribution in [1.29, 1.82) is 0 Å². The number of aryl methyl sites for hydroxylation is 2. The van der Waals surface area contributed by atoms with Crippen molar-refractivity contribution in [2.75, 3.05) is 13.6 Å². The van der Waals surface area contributed by atoms with Gasteiger partial charge in [-0.25, -0.2) is 0 Å². The number of pyridine rings is 1. The summed E-state index contributed by atoms with van der Waals surface area (Å²) in [6.07, 6.45) is 5.34. The van der Waals surface area contributed by atoms with Gasteiger partial charge in [-0.05, 0) is 42.7 Å². The normalized spacial score (nSPS) is 28.3. The molecule has 2 fully saturated rings. The molecule has 2 aromatic rings. The summed E-state index contributed by atoms with van der Waals surface area (Å²) in [7, 11) is 1.77. The number of carbonyl (C=O) groups is 2. The van der Waals surface area contributed by atoms with Crippen molar-refractivity contribution in [3.8, 4) is 0 Å². The zero-order valence-electron chi connectivity index (χ0n) is 18.1. The fourth-order valence-corrected chi connectivity index (χ4v) is 5.18. The van der Waals surface area contributed by atoms with Gasteiger partial charge < -0.3 is 14.5 Å². The summed E-state index contributed by atoms with van der Waals surface area (Å²) >= 11 is 0. The van der Waals surface area contributed by atoms with Crippen LogP contribution in [0.25, 0.3) is 0 Å². The minimum absolute atomic E-state index is 0.00895. The van der Waals surface area contributed by atoms with E-state index in [1.807, 2.05) is 35.3 Å². The number of amides is 2. The molecule has 4 heterocycles. The maximum atomic E-state index is 13.5. The Morgan fingerprint density at radius 1 is 1.26 bits per heavy atom. The van der Waals surface area contributed by atoms with E-state index in [1.165, 1.54) is 11.1 Å². The molecule has 1 aromatic heterocycles. The van der Waals surface area contributed by atoms with E-state index >= 15 is 0 Å². The lowest BCUT2D eigenvalue weighted by Gasteiger charge is -2.27. The smallest absolute Gasteiger partial charge is 0.230 e. The Bertz CT molecular complexity index is 1070. The topological polar surface area (TPSA) is 62.7 Å². The lowest BCUT2D eigenvalue weighted by atomic mass is 9.76. The molecule has 0 N–H and O–H groups in total. The van der Waals surface area contributed by atoms with Crippen LogP contribution in [0, 0.1) is 25.7 Å². The molecule has 160 valence electrons. The number of aromatic nitrogens is 1. The predicted molar refractivity (Wildman–Crippen MR) is 116 cm³/mol. The van der Waals surface area contributed by atoms with Gasteiger partial charge >= 0.3 is 0 Å². The number of ether oxygens (including phenoxy) is 1. The number of rotatable bonds is 5. The number of fused-ring (bicyclic) bond motifs is 1. The first-order valence-corrected chi connectivity index (χ1v) is 10.7. The molecule has 1 spiro atoms. The van der Waals surface area contributed by atoms with Crippen LogP contribution in [0.1, 0.15) is 22.4 Å². The largest absolute Gasteiger partial charge is 0.360 e. The summed E-state index contributed by atoms with van der Waals surface area (Å²) in [5.41, 5.74) is 3.68. The van der Waals surface area contributed by atoms with Crippen molar-refractivity contribution in [1.82, 2.24) is 14.8 Å². The molecule has 31 heavy (non-hydrogen) atoms. The van der Waals surface area contributed by atoms with Crippen molar-refractivity contribution in [2.45, 2.75) is 38.6 Å². The summed E-state index contributed by atoms with van der Waals surface area (Å²) in [6.45, 7) is 5.60. The molecule has 3 aliphatic rings. The second-order valence-corrected chi connectivity index (χ2v) is 9.03. The Labute approximate surface area is 182 Å². The van der Waals surface area contributed by atoms with Gasteiger partial charge in [0.1, 0.15) is 5.60 Å². The van der Waals surface area contributed by atoms with Gasteiger partial charge in [0.25, 0.3) is 0 Å². The lowest BCUT2D eigenvalue weighted by Crippen LogP contribution is -2.44. The Kier molecular flexibility index (Phi) is 4.70. The highest BCUT2D eigenvalue weighted by atomic mass is 16.5. The van der Waals surface area contributed by atoms with Crippen LogP contribution in [0.2, 0.25) is 0 Å². The van der Waals surface area contributed by atoms with Gasteiger partial charge in [0.05, 0.1) is 36.7 Å². The molecular formula is C25H27N3O3. The maximum Gasteiger partial charge on any atom is 0.230 e. The standard InChI is InChI=1S/C25H27N3O3/c1-16-7-8-18(12-17(16)2)13-28-15-25-10-9-20(31-25)21(22(25)24(28)30)23(29)27(3)14-19-6-4-5-11-26-19/h4-12,20-22H,13-15H2,1-3H3/t20-,21+,22-,25-/m0/s1. The molecular weight excluding hydrogens is 390 g/mol. The zero-order chi connectivity index (χ0) is 21.8. The van der Waals surface area contributed by atoms with Gasteiger partial charge in [-0.1, -0.05) is 36.4 Å². The Balaban J connectivity index is 1.36. The van der Waals surface area contributed by atoms with Crippen LogP contribution >= 0.6 is 0 Å². The third-order valence-corrected chi connectivity index (χ3v) is 6.91. The molecule has 5 rings (SSSR count). The van der Waals surface area contributed by atoms with E-state index in [9.17, 15) is 9.59 Å². The minimum atomic E-state index is -0.687. The van der Waals surface area contributed by atoms with E-state index in [-0.39, 0.29) is 17.9 Å². The molecule has 2 bridgehead atoms. The molecule has 0 unspecified atom stereocenters. The number of hydrogen-bond acceptors (Lipinski definition) is 4. The molecule has 0 saturated carbocycles. The average molecular weight is 418 g/mol. The van der Waals surface area contributed by atoms with Gasteiger partial charge in [-0.3, -0.25) is 14.6 Å². The number of benzene rings is 1. The SMILES string of the molecule is Cc1ccc(CN2C[C@]34C=C[C@H](O3)[C@@H](C(=O)N(C)Cc3ccccn3)[C@H]4C2=O)cc1C. The summed E-state index contributed by atoms with van der Waals surface area (Å²) in [4.78, 5) is 34.7. The monoisotopic (exact) mass is 417 g/mol. The van der Waals surface area contributed by atoms with Crippen LogP contribution in [0.5, 0.6) is 0 Å². The van der Waals surface area contributed by atoms with Gasteiger partial charge in [-0.15, -0.1) is 0 Å². The van der Waals surface area contributed by atoms with Crippen LogP contribution in [0.3, 0.4) is 0 Å². The summed E-state index contributed by atoms with van der Waals surface area (Å²) in [6, 6.07) is 11.9. The molecule has 3 aliphatic heterocycles. The third-order valence-electron chi connectivity index (χ3n) is 6.91. The first-order valence-electron chi connectivity index (χ1n) is 10.7. The highest BCUT2D eigenvalue weighted by molar-refractivity contribution is 5.93. The summed E-state index contributed by atoms with van der Waals surface area (Å²) < 4.78 is 6.26. The number of nitrogens with zero attached hydrogens (tertiary/aromatic N) is 3. The highest BCUT2D eigenvalue weighted by Gasteiger charge is 2.67. The Hall–Kier alpha value is -2.99. The van der Waals surface area contributed by atoms with E-state index in [2.05, 4.69) is 37.0 Å². The molecule has 4 atom stereocenters. The summed E-state index contributed by atoms with van der Waals surface area (Å²) in [5, 5.41) is 0. The van der Waals surface area contributed by atoms with Crippen molar-refractivity contribution in [2.24, 2.45) is 11.8 Å². The van der Waals surface area contributed by atoms with Gasteiger partial charge in [0, 0.05) is 19.8 Å². The third kappa shape index (κ3) is 3.26. The van der Waals surface area contributed by atoms with Gasteiger partial charge in [-0.2, -0.15) is 0 Å². The first kappa shape index (κ1) is 19.9. The molecule has 2 saturated heterocycles. The van der Waals surface area contributed by atoms with Crippen molar-refractivity contribution in [3.05, 3.63) is 77.1 Å². The second-order valence-electron chi connectivity index (χ2n) is 9.03. The van der Waals surface area contributed by atoms with E-state index in [1.54, 1.807) is 18.1 Å². The number of likely N-dealkylation sites (tertiary alicyclic amines) is 1.